The Labute approximate surface area is 150 Å². The van der Waals surface area contributed by atoms with Gasteiger partial charge in [-0.25, -0.2) is 4.98 Å². The molecule has 0 radical (unpaired) electrons. The SMILES string of the molecule is Br.Br.CC(C)Nc1cc(-c2cccs2)nc2ccccc12. The molecular weight excluding hydrogens is 412 g/mol. The van der Waals surface area contributed by atoms with Crippen molar-refractivity contribution in [3.63, 3.8) is 0 Å². The van der Waals surface area contributed by atoms with Gasteiger partial charge in [-0.15, -0.1) is 45.3 Å². The Morgan fingerprint density at radius 1 is 1.05 bits per heavy atom. The van der Waals surface area contributed by atoms with Crippen LogP contribution in [0.2, 0.25) is 0 Å². The van der Waals surface area contributed by atoms with E-state index in [1.807, 2.05) is 6.07 Å². The molecule has 0 fully saturated rings. The highest BCUT2D eigenvalue weighted by Crippen LogP contribution is 2.30. The summed E-state index contributed by atoms with van der Waals surface area (Å²) in [4.78, 5) is 5.96. The Morgan fingerprint density at radius 2 is 1.81 bits per heavy atom. The third-order valence-corrected chi connectivity index (χ3v) is 3.83. The van der Waals surface area contributed by atoms with Crippen molar-refractivity contribution in [3.8, 4) is 10.6 Å². The summed E-state index contributed by atoms with van der Waals surface area (Å²) < 4.78 is 0. The van der Waals surface area contributed by atoms with Gasteiger partial charge < -0.3 is 5.32 Å². The molecule has 0 bridgehead atoms. The van der Waals surface area contributed by atoms with Gasteiger partial charge in [0.05, 0.1) is 16.1 Å². The standard InChI is InChI=1S/C16H16N2S.2BrH/c1-11(2)17-14-10-15(16-8-5-9-19-16)18-13-7-4-3-6-12(13)14;;/h3-11H,1-2H3,(H,17,18);2*1H. The van der Waals surface area contributed by atoms with Crippen LogP contribution in [0.15, 0.2) is 47.8 Å². The molecule has 3 rings (SSSR count). The minimum absolute atomic E-state index is 0. The molecule has 0 aliphatic carbocycles. The minimum Gasteiger partial charge on any atom is -0.382 e. The predicted octanol–water partition coefficient (Wildman–Crippen LogP) is 5.94. The van der Waals surface area contributed by atoms with Crippen LogP contribution in [0.5, 0.6) is 0 Å². The molecule has 21 heavy (non-hydrogen) atoms. The van der Waals surface area contributed by atoms with Gasteiger partial charge in [0.2, 0.25) is 0 Å². The number of hydrogen-bond acceptors (Lipinski definition) is 3. The number of benzene rings is 1. The van der Waals surface area contributed by atoms with Crippen LogP contribution in [-0.4, -0.2) is 11.0 Å². The molecule has 1 N–H and O–H groups in total. The van der Waals surface area contributed by atoms with Crippen LogP contribution < -0.4 is 5.32 Å². The zero-order valence-corrected chi connectivity index (χ0v) is 16.1. The van der Waals surface area contributed by atoms with Gasteiger partial charge in [0.25, 0.3) is 0 Å². The predicted molar refractivity (Wildman–Crippen MR) is 104 cm³/mol. The van der Waals surface area contributed by atoms with E-state index in [1.165, 1.54) is 10.3 Å². The van der Waals surface area contributed by atoms with Crippen LogP contribution >= 0.6 is 45.3 Å². The normalized spacial score (nSPS) is 10.0. The molecule has 5 heteroatoms. The maximum Gasteiger partial charge on any atom is 0.0829 e. The maximum absolute atomic E-state index is 4.76. The van der Waals surface area contributed by atoms with E-state index < -0.39 is 0 Å². The maximum atomic E-state index is 4.76. The molecule has 2 heterocycles. The Balaban J connectivity index is 0.00000110. The molecule has 0 aliphatic heterocycles. The summed E-state index contributed by atoms with van der Waals surface area (Å²) in [6.07, 6.45) is 0. The smallest absolute Gasteiger partial charge is 0.0829 e. The summed E-state index contributed by atoms with van der Waals surface area (Å²) in [5, 5.41) is 6.78. The Hall–Kier alpha value is -0.910. The summed E-state index contributed by atoms with van der Waals surface area (Å²) in [6, 6.07) is 15.0. The van der Waals surface area contributed by atoms with Crippen LogP contribution in [0.25, 0.3) is 21.5 Å². The minimum atomic E-state index is 0. The summed E-state index contributed by atoms with van der Waals surface area (Å²) in [7, 11) is 0. The van der Waals surface area contributed by atoms with Crippen LogP contribution in [-0.2, 0) is 0 Å². The van der Waals surface area contributed by atoms with Gasteiger partial charge in [-0.05, 0) is 37.4 Å². The fourth-order valence-electron chi connectivity index (χ4n) is 2.16. The summed E-state index contributed by atoms with van der Waals surface area (Å²) in [6.45, 7) is 4.31. The average molecular weight is 430 g/mol. The van der Waals surface area contributed by atoms with Crippen LogP contribution in [0, 0.1) is 0 Å². The summed E-state index contributed by atoms with van der Waals surface area (Å²) in [5.74, 6) is 0. The molecule has 0 spiro atoms. The number of nitrogens with zero attached hydrogens (tertiary/aromatic N) is 1. The lowest BCUT2D eigenvalue weighted by molar-refractivity contribution is 0.901. The number of fused-ring (bicyclic) bond motifs is 1. The second-order valence-electron chi connectivity index (χ2n) is 4.85. The number of pyridine rings is 1. The molecule has 2 nitrogen and oxygen atoms in total. The Morgan fingerprint density at radius 3 is 2.48 bits per heavy atom. The molecule has 0 saturated heterocycles. The highest BCUT2D eigenvalue weighted by atomic mass is 79.9. The third kappa shape index (κ3) is 4.05. The van der Waals surface area contributed by atoms with E-state index in [-0.39, 0.29) is 34.0 Å². The van der Waals surface area contributed by atoms with E-state index in [0.717, 1.165) is 16.9 Å². The Bertz CT molecular complexity index is 697. The van der Waals surface area contributed by atoms with Crippen molar-refractivity contribution in [1.82, 2.24) is 4.98 Å². The summed E-state index contributed by atoms with van der Waals surface area (Å²) in [5.41, 5.74) is 3.23. The molecule has 3 aromatic rings. The molecule has 0 unspecified atom stereocenters. The fraction of sp³-hybridized carbons (Fsp3) is 0.188. The van der Waals surface area contributed by atoms with Gasteiger partial charge in [-0.1, -0.05) is 24.3 Å². The number of halogens is 2. The third-order valence-electron chi connectivity index (χ3n) is 2.93. The van der Waals surface area contributed by atoms with Crippen molar-refractivity contribution >= 4 is 61.9 Å². The van der Waals surface area contributed by atoms with Gasteiger partial charge >= 0.3 is 0 Å². The van der Waals surface area contributed by atoms with Gasteiger partial charge in [-0.3, -0.25) is 0 Å². The quantitative estimate of drug-likeness (QED) is 0.557. The van der Waals surface area contributed by atoms with Crippen LogP contribution in [0.3, 0.4) is 0 Å². The fourth-order valence-corrected chi connectivity index (χ4v) is 2.84. The molecule has 1 aromatic carbocycles. The monoisotopic (exact) mass is 428 g/mol. The molecule has 112 valence electrons. The molecule has 2 aromatic heterocycles. The van der Waals surface area contributed by atoms with Crippen molar-refractivity contribution in [2.45, 2.75) is 19.9 Å². The highest BCUT2D eigenvalue weighted by molar-refractivity contribution is 8.93. The lowest BCUT2D eigenvalue weighted by Crippen LogP contribution is -2.10. The van der Waals surface area contributed by atoms with E-state index >= 15 is 0 Å². The first-order valence-electron chi connectivity index (χ1n) is 6.44. The average Bonchev–Trinajstić information content (AvgIpc) is 2.92. The van der Waals surface area contributed by atoms with Gasteiger partial charge in [0.1, 0.15) is 0 Å². The molecule has 0 atom stereocenters. The number of aromatic nitrogens is 1. The first-order chi connectivity index (χ1) is 9.24. The van der Waals surface area contributed by atoms with Crippen LogP contribution in [0.1, 0.15) is 13.8 Å². The largest absolute Gasteiger partial charge is 0.382 e. The lowest BCUT2D eigenvalue weighted by atomic mass is 10.1. The number of nitrogens with one attached hydrogen (secondary N) is 1. The van der Waals surface area contributed by atoms with E-state index in [0.29, 0.717) is 6.04 Å². The zero-order chi connectivity index (χ0) is 13.2. The van der Waals surface area contributed by atoms with Crippen LogP contribution in [0.4, 0.5) is 5.69 Å². The topological polar surface area (TPSA) is 24.9 Å². The number of thiophene rings is 1. The molecule has 0 saturated carbocycles. The van der Waals surface area contributed by atoms with Crippen molar-refractivity contribution < 1.29 is 0 Å². The summed E-state index contributed by atoms with van der Waals surface area (Å²) >= 11 is 1.72. The molecule has 0 amide bonds. The molecule has 0 aliphatic rings. The van der Waals surface area contributed by atoms with Crippen molar-refractivity contribution in [1.29, 1.82) is 0 Å². The van der Waals surface area contributed by atoms with Gasteiger partial charge in [-0.2, -0.15) is 0 Å². The number of rotatable bonds is 3. The first kappa shape index (κ1) is 18.1. The van der Waals surface area contributed by atoms with Gasteiger partial charge in [0.15, 0.2) is 0 Å². The van der Waals surface area contributed by atoms with E-state index in [2.05, 4.69) is 60.9 Å². The molecular formula is C16H18Br2N2S. The lowest BCUT2D eigenvalue weighted by Gasteiger charge is -2.14. The van der Waals surface area contributed by atoms with Crippen molar-refractivity contribution in [2.24, 2.45) is 0 Å². The first-order valence-corrected chi connectivity index (χ1v) is 7.32. The second-order valence-corrected chi connectivity index (χ2v) is 5.80. The van der Waals surface area contributed by atoms with E-state index in [1.54, 1.807) is 11.3 Å². The number of para-hydroxylation sites is 1. The van der Waals surface area contributed by atoms with Gasteiger partial charge in [0, 0.05) is 17.1 Å². The second kappa shape index (κ2) is 7.92. The van der Waals surface area contributed by atoms with E-state index in [9.17, 15) is 0 Å². The Kier molecular flexibility index (Phi) is 6.84. The zero-order valence-electron chi connectivity index (χ0n) is 11.9. The van der Waals surface area contributed by atoms with Crippen molar-refractivity contribution in [2.75, 3.05) is 5.32 Å². The van der Waals surface area contributed by atoms with E-state index in [4.69, 9.17) is 4.98 Å². The number of anilines is 1. The highest BCUT2D eigenvalue weighted by Gasteiger charge is 2.08. The van der Waals surface area contributed by atoms with Crippen molar-refractivity contribution in [3.05, 3.63) is 47.8 Å². The number of hydrogen-bond donors (Lipinski definition) is 1.